The van der Waals surface area contributed by atoms with Crippen LogP contribution in [0.2, 0.25) is 0 Å². The highest BCUT2D eigenvalue weighted by Gasteiger charge is 2.14. The second-order valence-corrected chi connectivity index (χ2v) is 5.87. The normalized spacial score (nSPS) is 15.8. The molecule has 1 aliphatic rings. The molecule has 1 saturated carbocycles. The second kappa shape index (κ2) is 10.7. The van der Waals surface area contributed by atoms with Crippen molar-refractivity contribution in [3.8, 4) is 5.75 Å². The largest absolute Gasteiger partial charge is 0.490 e. The number of nitrogens with two attached hydrogens (primary N) is 1. The van der Waals surface area contributed by atoms with Crippen molar-refractivity contribution in [1.82, 2.24) is 4.90 Å². The van der Waals surface area contributed by atoms with E-state index in [-0.39, 0.29) is 24.0 Å². The van der Waals surface area contributed by atoms with Gasteiger partial charge in [-0.25, -0.2) is 4.99 Å². The van der Waals surface area contributed by atoms with Crippen LogP contribution >= 0.6 is 24.0 Å². The van der Waals surface area contributed by atoms with Crippen LogP contribution in [-0.4, -0.2) is 30.1 Å². The molecule has 0 unspecified atom stereocenters. The van der Waals surface area contributed by atoms with E-state index in [2.05, 4.69) is 35.9 Å². The minimum absolute atomic E-state index is 0. The van der Waals surface area contributed by atoms with E-state index in [9.17, 15) is 0 Å². The lowest BCUT2D eigenvalue weighted by Gasteiger charge is -2.23. The summed E-state index contributed by atoms with van der Waals surface area (Å²) in [4.78, 5) is 6.52. The van der Waals surface area contributed by atoms with Crippen LogP contribution in [0.15, 0.2) is 29.3 Å². The zero-order chi connectivity index (χ0) is 15.8. The molecule has 0 aromatic heterocycles. The minimum Gasteiger partial charge on any atom is -0.490 e. The summed E-state index contributed by atoms with van der Waals surface area (Å²) in [5, 5.41) is 0. The van der Waals surface area contributed by atoms with Crippen molar-refractivity contribution in [2.24, 2.45) is 10.7 Å². The van der Waals surface area contributed by atoms with Crippen LogP contribution in [0.25, 0.3) is 0 Å². The van der Waals surface area contributed by atoms with Crippen LogP contribution in [0.5, 0.6) is 5.75 Å². The third-order valence-corrected chi connectivity index (χ3v) is 4.29. The van der Waals surface area contributed by atoms with Crippen molar-refractivity contribution in [2.75, 3.05) is 13.1 Å². The first kappa shape index (κ1) is 20.1. The summed E-state index contributed by atoms with van der Waals surface area (Å²) >= 11 is 0. The predicted octanol–water partition coefficient (Wildman–Crippen LogP) is 4.17. The van der Waals surface area contributed by atoms with Crippen LogP contribution < -0.4 is 10.5 Å². The van der Waals surface area contributed by atoms with E-state index >= 15 is 0 Å². The van der Waals surface area contributed by atoms with E-state index < -0.39 is 0 Å². The molecule has 1 aromatic rings. The lowest BCUT2D eigenvalue weighted by Crippen LogP contribution is -2.37. The fourth-order valence-corrected chi connectivity index (χ4v) is 2.87. The summed E-state index contributed by atoms with van der Waals surface area (Å²) in [5.41, 5.74) is 7.15. The molecule has 0 bridgehead atoms. The maximum absolute atomic E-state index is 6.04. The van der Waals surface area contributed by atoms with Crippen molar-refractivity contribution in [1.29, 1.82) is 0 Å². The molecular formula is C18H30IN3O. The molecule has 0 radical (unpaired) electrons. The Morgan fingerprint density at radius 1 is 1.13 bits per heavy atom. The quantitative estimate of drug-likeness (QED) is 0.418. The van der Waals surface area contributed by atoms with Gasteiger partial charge in [0.15, 0.2) is 5.96 Å². The Kier molecular flexibility index (Phi) is 9.36. The van der Waals surface area contributed by atoms with Gasteiger partial charge < -0.3 is 15.4 Å². The fraction of sp³-hybridized carbons (Fsp3) is 0.611. The second-order valence-electron chi connectivity index (χ2n) is 5.87. The van der Waals surface area contributed by atoms with Crippen LogP contribution in [0.3, 0.4) is 0 Å². The highest BCUT2D eigenvalue weighted by molar-refractivity contribution is 14.0. The number of guanidine groups is 1. The highest BCUT2D eigenvalue weighted by atomic mass is 127. The molecule has 1 aliphatic carbocycles. The van der Waals surface area contributed by atoms with E-state index in [0.29, 0.717) is 18.6 Å². The summed E-state index contributed by atoms with van der Waals surface area (Å²) in [5.74, 6) is 1.59. The predicted molar refractivity (Wildman–Crippen MR) is 108 cm³/mol. The Labute approximate surface area is 157 Å². The third kappa shape index (κ3) is 6.57. The number of benzene rings is 1. The fourth-order valence-electron chi connectivity index (χ4n) is 2.87. The monoisotopic (exact) mass is 431 g/mol. The summed E-state index contributed by atoms with van der Waals surface area (Å²) < 4.78 is 6.04. The van der Waals surface area contributed by atoms with Gasteiger partial charge in [0, 0.05) is 13.1 Å². The maximum Gasteiger partial charge on any atom is 0.191 e. The van der Waals surface area contributed by atoms with Gasteiger partial charge in [0.2, 0.25) is 0 Å². The molecule has 2 rings (SSSR count). The van der Waals surface area contributed by atoms with Gasteiger partial charge in [-0.05, 0) is 57.2 Å². The topological polar surface area (TPSA) is 50.8 Å². The maximum atomic E-state index is 6.04. The molecule has 130 valence electrons. The number of ether oxygens (including phenoxy) is 1. The molecule has 0 spiro atoms. The van der Waals surface area contributed by atoms with Gasteiger partial charge in [0.05, 0.1) is 12.6 Å². The lowest BCUT2D eigenvalue weighted by molar-refractivity contribution is 0.155. The van der Waals surface area contributed by atoms with Gasteiger partial charge in [-0.3, -0.25) is 0 Å². The highest BCUT2D eigenvalue weighted by Crippen LogP contribution is 2.23. The van der Waals surface area contributed by atoms with Crippen molar-refractivity contribution >= 4 is 29.9 Å². The molecule has 4 nitrogen and oxygen atoms in total. The number of rotatable bonds is 6. The molecular weight excluding hydrogens is 401 g/mol. The third-order valence-electron chi connectivity index (χ3n) is 4.29. The molecule has 2 N–H and O–H groups in total. The number of hydrogen-bond acceptors (Lipinski definition) is 2. The first-order valence-electron chi connectivity index (χ1n) is 8.53. The smallest absolute Gasteiger partial charge is 0.191 e. The van der Waals surface area contributed by atoms with Gasteiger partial charge >= 0.3 is 0 Å². The zero-order valence-corrected chi connectivity index (χ0v) is 16.7. The Balaban J connectivity index is 0.00000264. The van der Waals surface area contributed by atoms with E-state index in [4.69, 9.17) is 10.5 Å². The Bertz CT molecular complexity index is 466. The Morgan fingerprint density at radius 3 is 2.30 bits per heavy atom. The van der Waals surface area contributed by atoms with E-state index in [1.807, 2.05) is 12.1 Å². The number of aliphatic imine (C=N–C) groups is 1. The zero-order valence-electron chi connectivity index (χ0n) is 14.3. The molecule has 0 atom stereocenters. The summed E-state index contributed by atoms with van der Waals surface area (Å²) in [6, 6.07) is 8.26. The van der Waals surface area contributed by atoms with Crippen molar-refractivity contribution in [3.05, 3.63) is 29.8 Å². The van der Waals surface area contributed by atoms with Gasteiger partial charge in [-0.15, -0.1) is 24.0 Å². The molecule has 1 fully saturated rings. The van der Waals surface area contributed by atoms with Crippen LogP contribution in [0.1, 0.15) is 51.5 Å². The SMILES string of the molecule is CCN(CC)C(N)=NCc1ccc(OC2CCCCC2)cc1.I. The van der Waals surface area contributed by atoms with Crippen LogP contribution in [-0.2, 0) is 6.54 Å². The van der Waals surface area contributed by atoms with Crippen molar-refractivity contribution < 1.29 is 4.74 Å². The minimum atomic E-state index is 0. The van der Waals surface area contributed by atoms with Crippen molar-refractivity contribution in [2.45, 2.75) is 58.6 Å². The van der Waals surface area contributed by atoms with Crippen molar-refractivity contribution in [3.63, 3.8) is 0 Å². The number of halogens is 1. The first-order chi connectivity index (χ1) is 10.7. The molecule has 23 heavy (non-hydrogen) atoms. The van der Waals surface area contributed by atoms with Gasteiger partial charge in [0.1, 0.15) is 5.75 Å². The van der Waals surface area contributed by atoms with E-state index in [1.54, 1.807) is 0 Å². The van der Waals surface area contributed by atoms with Gasteiger partial charge in [0.25, 0.3) is 0 Å². The Hall–Kier alpha value is -0.980. The molecule has 0 heterocycles. The summed E-state index contributed by atoms with van der Waals surface area (Å²) in [6.07, 6.45) is 6.71. The number of nitrogens with zero attached hydrogens (tertiary/aromatic N) is 2. The number of hydrogen-bond donors (Lipinski definition) is 1. The summed E-state index contributed by atoms with van der Waals surface area (Å²) in [6.45, 7) is 6.57. The van der Waals surface area contributed by atoms with E-state index in [0.717, 1.165) is 24.4 Å². The Morgan fingerprint density at radius 2 is 1.74 bits per heavy atom. The standard InChI is InChI=1S/C18H29N3O.HI/c1-3-21(4-2)18(19)20-14-15-10-12-17(13-11-15)22-16-8-6-5-7-9-16;/h10-13,16H,3-9,14H2,1-2H3,(H2,19,20);1H. The average molecular weight is 431 g/mol. The first-order valence-corrected chi connectivity index (χ1v) is 8.53. The van der Waals surface area contributed by atoms with Gasteiger partial charge in [-0.2, -0.15) is 0 Å². The summed E-state index contributed by atoms with van der Waals surface area (Å²) in [7, 11) is 0. The molecule has 0 saturated heterocycles. The van der Waals surface area contributed by atoms with Crippen LogP contribution in [0, 0.1) is 0 Å². The average Bonchev–Trinajstić information content (AvgIpc) is 2.56. The van der Waals surface area contributed by atoms with Crippen LogP contribution in [0.4, 0.5) is 0 Å². The molecule has 5 heteroatoms. The molecule has 0 amide bonds. The lowest BCUT2D eigenvalue weighted by atomic mass is 9.98. The molecule has 0 aliphatic heterocycles. The molecule has 1 aromatic carbocycles. The van der Waals surface area contributed by atoms with Gasteiger partial charge in [-0.1, -0.05) is 18.6 Å². The van der Waals surface area contributed by atoms with E-state index in [1.165, 1.54) is 32.1 Å².